The Balaban J connectivity index is 0.00000211. The number of benzene rings is 1. The first kappa shape index (κ1) is 20.6. The number of unbranched alkanes of at least 4 members (excludes halogenated alkanes) is 2. The molecular formula is C16H22O5Zn. The van der Waals surface area contributed by atoms with E-state index in [9.17, 15) is 9.59 Å². The van der Waals surface area contributed by atoms with Gasteiger partial charge < -0.3 is 9.47 Å². The van der Waals surface area contributed by atoms with E-state index in [0.717, 1.165) is 25.7 Å². The van der Waals surface area contributed by atoms with E-state index in [1.807, 2.05) is 13.8 Å². The SMILES string of the molecule is CCCCOC(=O)c1ccccc1C(=O)OCCCC.[O]=[Zn]. The average Bonchev–Trinajstić information content (AvgIpc) is 2.57. The van der Waals surface area contributed by atoms with Gasteiger partial charge in [0.2, 0.25) is 0 Å². The molecule has 0 N–H and O–H groups in total. The van der Waals surface area contributed by atoms with Crippen molar-refractivity contribution in [2.24, 2.45) is 0 Å². The van der Waals surface area contributed by atoms with E-state index in [0.29, 0.717) is 13.2 Å². The van der Waals surface area contributed by atoms with Crippen molar-refractivity contribution in [1.82, 2.24) is 0 Å². The number of carbonyl (C=O) groups excluding carboxylic acids is 2. The Morgan fingerprint density at radius 3 is 1.55 bits per heavy atom. The van der Waals surface area contributed by atoms with Gasteiger partial charge in [0.1, 0.15) is 0 Å². The van der Waals surface area contributed by atoms with Crippen LogP contribution >= 0.6 is 0 Å². The topological polar surface area (TPSA) is 69.7 Å². The van der Waals surface area contributed by atoms with Crippen LogP contribution in [0.1, 0.15) is 60.2 Å². The molecule has 0 radical (unpaired) electrons. The maximum atomic E-state index is 11.9. The normalized spacial score (nSPS) is 9.45. The number of esters is 2. The van der Waals surface area contributed by atoms with Crippen LogP contribution in [0.15, 0.2) is 24.3 Å². The Bertz CT molecular complexity index is 421. The second-order valence-electron chi connectivity index (χ2n) is 4.52. The molecule has 22 heavy (non-hydrogen) atoms. The zero-order valence-corrected chi connectivity index (χ0v) is 16.3. The third-order valence-corrected chi connectivity index (χ3v) is 2.83. The van der Waals surface area contributed by atoms with E-state index in [1.54, 1.807) is 24.3 Å². The number of hydrogen-bond acceptors (Lipinski definition) is 5. The summed E-state index contributed by atoms with van der Waals surface area (Å²) in [5.74, 6) is -0.942. The summed E-state index contributed by atoms with van der Waals surface area (Å²) in [5, 5.41) is 0. The van der Waals surface area contributed by atoms with Gasteiger partial charge in [0.25, 0.3) is 0 Å². The van der Waals surface area contributed by atoms with Crippen LogP contribution in [0.5, 0.6) is 0 Å². The van der Waals surface area contributed by atoms with Crippen LogP contribution in [0.25, 0.3) is 0 Å². The predicted octanol–water partition coefficient (Wildman–Crippen LogP) is 3.48. The molecule has 0 atom stereocenters. The molecule has 0 fully saturated rings. The van der Waals surface area contributed by atoms with Gasteiger partial charge in [0.15, 0.2) is 0 Å². The summed E-state index contributed by atoms with van der Waals surface area (Å²) in [6, 6.07) is 6.59. The molecule has 0 spiro atoms. The molecule has 0 aliphatic heterocycles. The van der Waals surface area contributed by atoms with Crippen molar-refractivity contribution in [3.05, 3.63) is 35.4 Å². The molecule has 0 aliphatic carbocycles. The molecule has 0 heterocycles. The van der Waals surface area contributed by atoms with Crippen molar-refractivity contribution < 1.29 is 40.9 Å². The molecule has 6 heteroatoms. The van der Waals surface area contributed by atoms with Crippen LogP contribution in [0.3, 0.4) is 0 Å². The van der Waals surface area contributed by atoms with Gasteiger partial charge >= 0.3 is 33.8 Å². The molecular weight excluding hydrogens is 338 g/mol. The van der Waals surface area contributed by atoms with Crippen molar-refractivity contribution in [3.8, 4) is 0 Å². The number of rotatable bonds is 8. The molecule has 118 valence electrons. The van der Waals surface area contributed by atoms with Crippen molar-refractivity contribution in [2.45, 2.75) is 39.5 Å². The van der Waals surface area contributed by atoms with E-state index in [1.165, 1.54) is 0 Å². The standard InChI is InChI=1S/C16H22O4.O.Zn/c1-3-5-11-19-15(17)13-9-7-8-10-14(13)16(18)20-12-6-4-2;;/h7-10H,3-6,11-12H2,1-2H3;;. The van der Waals surface area contributed by atoms with Crippen molar-refractivity contribution in [2.75, 3.05) is 13.2 Å². The van der Waals surface area contributed by atoms with Gasteiger partial charge in [0, 0.05) is 0 Å². The van der Waals surface area contributed by atoms with E-state index in [2.05, 4.69) is 0 Å². The van der Waals surface area contributed by atoms with Crippen molar-refractivity contribution in [1.29, 1.82) is 0 Å². The van der Waals surface area contributed by atoms with E-state index in [4.69, 9.17) is 13.0 Å². The molecule has 0 bridgehead atoms. The fourth-order valence-corrected chi connectivity index (χ4v) is 1.61. The summed E-state index contributed by atoms with van der Waals surface area (Å²) in [5.41, 5.74) is 0.537. The molecule has 1 aromatic rings. The van der Waals surface area contributed by atoms with Gasteiger partial charge in [-0.25, -0.2) is 9.59 Å². The fourth-order valence-electron chi connectivity index (χ4n) is 1.61. The summed E-state index contributed by atoms with van der Waals surface area (Å²) in [4.78, 5) is 23.9. The Labute approximate surface area is 141 Å². The van der Waals surface area contributed by atoms with Gasteiger partial charge in [0.05, 0.1) is 24.3 Å². The van der Waals surface area contributed by atoms with Crippen LogP contribution in [0, 0.1) is 0 Å². The first-order valence-corrected chi connectivity index (χ1v) is 8.64. The average molecular weight is 360 g/mol. The Hall–Kier alpha value is -1.42. The molecule has 0 saturated carbocycles. The third-order valence-electron chi connectivity index (χ3n) is 2.83. The van der Waals surface area contributed by atoms with Gasteiger partial charge in [-0.3, -0.25) is 0 Å². The summed E-state index contributed by atoms with van der Waals surface area (Å²) in [6.07, 6.45) is 3.53. The van der Waals surface area contributed by atoms with Crippen LogP contribution < -0.4 is 0 Å². The molecule has 5 nitrogen and oxygen atoms in total. The Kier molecular flexibility index (Phi) is 12.4. The summed E-state index contributed by atoms with van der Waals surface area (Å²) in [6.45, 7) is 4.78. The van der Waals surface area contributed by atoms with Crippen LogP contribution in [0.4, 0.5) is 0 Å². The number of carbonyl (C=O) groups is 2. The number of hydrogen-bond donors (Lipinski definition) is 0. The van der Waals surface area contributed by atoms with E-state index in [-0.39, 0.29) is 29.4 Å². The molecule has 0 unspecified atom stereocenters. The molecule has 1 aromatic carbocycles. The predicted molar refractivity (Wildman–Crippen MR) is 77.5 cm³/mol. The second kappa shape index (κ2) is 13.3. The quantitative estimate of drug-likeness (QED) is 0.404. The molecule has 0 saturated heterocycles. The van der Waals surface area contributed by atoms with Crippen LogP contribution in [-0.2, 0) is 31.3 Å². The van der Waals surface area contributed by atoms with E-state index >= 15 is 0 Å². The van der Waals surface area contributed by atoms with E-state index < -0.39 is 11.9 Å². The molecule has 0 amide bonds. The minimum atomic E-state index is -0.471. The summed E-state index contributed by atoms with van der Waals surface area (Å²) < 4.78 is 18.7. The first-order valence-electron chi connectivity index (χ1n) is 7.42. The fraction of sp³-hybridized carbons (Fsp3) is 0.500. The van der Waals surface area contributed by atoms with Gasteiger partial charge in [-0.05, 0) is 25.0 Å². The van der Waals surface area contributed by atoms with Gasteiger partial charge in [-0.15, -0.1) is 0 Å². The van der Waals surface area contributed by atoms with Gasteiger partial charge in [-0.2, -0.15) is 0 Å². The second-order valence-corrected chi connectivity index (χ2v) is 4.52. The summed E-state index contributed by atoms with van der Waals surface area (Å²) >= 11 is 0.125. The van der Waals surface area contributed by atoms with Crippen LogP contribution in [0.2, 0.25) is 0 Å². The van der Waals surface area contributed by atoms with Gasteiger partial charge in [-0.1, -0.05) is 38.8 Å². The first-order chi connectivity index (χ1) is 10.7. The van der Waals surface area contributed by atoms with Crippen molar-refractivity contribution >= 4 is 11.9 Å². The summed E-state index contributed by atoms with van der Waals surface area (Å²) in [7, 11) is 0. The van der Waals surface area contributed by atoms with Crippen molar-refractivity contribution in [3.63, 3.8) is 0 Å². The molecule has 1 rings (SSSR count). The minimum absolute atomic E-state index is 0.125. The third kappa shape index (κ3) is 7.55. The Morgan fingerprint density at radius 2 is 1.23 bits per heavy atom. The molecule has 0 aromatic heterocycles. The molecule has 0 aliphatic rings. The monoisotopic (exact) mass is 358 g/mol. The van der Waals surface area contributed by atoms with Crippen LogP contribution in [-0.4, -0.2) is 25.2 Å². The Morgan fingerprint density at radius 1 is 0.864 bits per heavy atom. The number of ether oxygens (including phenoxy) is 2. The zero-order chi connectivity index (χ0) is 16.8. The maximum absolute atomic E-state index is 11.9. The zero-order valence-electron chi connectivity index (χ0n) is 13.3.